The van der Waals surface area contributed by atoms with Crippen molar-refractivity contribution in [1.82, 2.24) is 0 Å². The lowest BCUT2D eigenvalue weighted by Gasteiger charge is -2.07. The van der Waals surface area contributed by atoms with Crippen molar-refractivity contribution in [2.24, 2.45) is 0 Å². The van der Waals surface area contributed by atoms with Crippen LogP contribution in [0.5, 0.6) is 5.75 Å². The van der Waals surface area contributed by atoms with Crippen LogP contribution in [0, 0.1) is 6.92 Å². The molecule has 0 radical (unpaired) electrons. The first-order valence-corrected chi connectivity index (χ1v) is 6.58. The molecule has 0 unspecified atom stereocenters. The summed E-state index contributed by atoms with van der Waals surface area (Å²) in [4.78, 5) is 11.0. The molecule has 18 heavy (non-hydrogen) atoms. The van der Waals surface area contributed by atoms with Crippen LogP contribution in [0.4, 0.5) is 0 Å². The van der Waals surface area contributed by atoms with E-state index in [1.54, 1.807) is 6.92 Å². The van der Waals surface area contributed by atoms with Gasteiger partial charge < -0.3 is 9.47 Å². The molecule has 3 heteroatoms. The Kier molecular flexibility index (Phi) is 14.2. The summed E-state index contributed by atoms with van der Waals surface area (Å²) < 4.78 is 10.0. The van der Waals surface area contributed by atoms with E-state index < -0.39 is 0 Å². The smallest absolute Gasteiger partial charge is 0.344 e. The molecular formula is C15H26O3. The summed E-state index contributed by atoms with van der Waals surface area (Å²) in [5.74, 6) is 0.385. The van der Waals surface area contributed by atoms with Crippen molar-refractivity contribution < 1.29 is 14.3 Å². The summed E-state index contributed by atoms with van der Waals surface area (Å²) in [7, 11) is 0. The molecule has 3 nitrogen and oxygen atoms in total. The molecule has 0 aliphatic heterocycles. The molecule has 1 aromatic rings. The molecule has 0 aromatic heterocycles. The maximum Gasteiger partial charge on any atom is 0.344 e. The first-order chi connectivity index (χ1) is 8.74. The lowest BCUT2D eigenvalue weighted by Crippen LogP contribution is -2.14. The van der Waals surface area contributed by atoms with Crippen LogP contribution in [0.15, 0.2) is 24.3 Å². The molecule has 0 aliphatic carbocycles. The Labute approximate surface area is 111 Å². The number of hydrogen-bond donors (Lipinski definition) is 0. The molecule has 0 aliphatic rings. The van der Waals surface area contributed by atoms with Crippen LogP contribution in [0.25, 0.3) is 0 Å². The van der Waals surface area contributed by atoms with Gasteiger partial charge >= 0.3 is 5.97 Å². The molecule has 0 bridgehead atoms. The number of hydrogen-bond acceptors (Lipinski definition) is 3. The van der Waals surface area contributed by atoms with Gasteiger partial charge in [0.2, 0.25) is 0 Å². The van der Waals surface area contributed by atoms with E-state index in [2.05, 4.69) is 0 Å². The molecule has 0 spiro atoms. The van der Waals surface area contributed by atoms with Gasteiger partial charge in [-0.25, -0.2) is 4.79 Å². The van der Waals surface area contributed by atoms with Gasteiger partial charge in [0.25, 0.3) is 0 Å². The van der Waals surface area contributed by atoms with E-state index in [1.165, 1.54) is 0 Å². The predicted octanol–water partition coefficient (Wildman–Crippen LogP) is 3.99. The lowest BCUT2D eigenvalue weighted by molar-refractivity contribution is -0.145. The van der Waals surface area contributed by atoms with Crippen LogP contribution in [0.1, 0.15) is 40.2 Å². The lowest BCUT2D eigenvalue weighted by atomic mass is 10.2. The first kappa shape index (κ1) is 18.8. The van der Waals surface area contributed by atoms with Gasteiger partial charge in [-0.15, -0.1) is 0 Å². The molecule has 0 saturated carbocycles. The van der Waals surface area contributed by atoms with Gasteiger partial charge in [0.1, 0.15) is 5.75 Å². The average Bonchev–Trinajstić information content (AvgIpc) is 2.43. The Balaban J connectivity index is 0. The van der Waals surface area contributed by atoms with Crippen LogP contribution >= 0.6 is 0 Å². The van der Waals surface area contributed by atoms with Crippen LogP contribution in [-0.4, -0.2) is 19.2 Å². The van der Waals surface area contributed by atoms with Crippen molar-refractivity contribution in [3.63, 3.8) is 0 Å². The third-order valence-electron chi connectivity index (χ3n) is 1.74. The summed E-state index contributed by atoms with van der Waals surface area (Å²) in [5, 5.41) is 0. The van der Waals surface area contributed by atoms with Crippen molar-refractivity contribution in [3.05, 3.63) is 29.8 Å². The third-order valence-corrected chi connectivity index (χ3v) is 1.74. The van der Waals surface area contributed by atoms with Crippen LogP contribution in [0.3, 0.4) is 0 Å². The van der Waals surface area contributed by atoms with E-state index in [4.69, 9.17) is 9.47 Å². The van der Waals surface area contributed by atoms with E-state index in [0.717, 1.165) is 11.3 Å². The average molecular weight is 254 g/mol. The van der Waals surface area contributed by atoms with Crippen molar-refractivity contribution in [2.45, 2.75) is 41.5 Å². The largest absolute Gasteiger partial charge is 0.482 e. The zero-order valence-electron chi connectivity index (χ0n) is 12.4. The maximum absolute atomic E-state index is 11.0. The minimum Gasteiger partial charge on any atom is -0.482 e. The van der Waals surface area contributed by atoms with E-state index in [1.807, 2.05) is 58.9 Å². The fourth-order valence-electron chi connectivity index (χ4n) is 1.06. The quantitative estimate of drug-likeness (QED) is 0.762. The van der Waals surface area contributed by atoms with E-state index in [0.29, 0.717) is 6.61 Å². The van der Waals surface area contributed by atoms with Crippen molar-refractivity contribution in [3.8, 4) is 5.75 Å². The minimum absolute atomic E-state index is 0.0291. The van der Waals surface area contributed by atoms with E-state index in [9.17, 15) is 4.79 Å². The molecule has 0 atom stereocenters. The van der Waals surface area contributed by atoms with Gasteiger partial charge in [-0.05, 0) is 25.5 Å². The number of para-hydroxylation sites is 1. The predicted molar refractivity (Wildman–Crippen MR) is 76.0 cm³/mol. The zero-order chi connectivity index (χ0) is 14.4. The Morgan fingerprint density at radius 3 is 2.17 bits per heavy atom. The zero-order valence-corrected chi connectivity index (χ0v) is 12.4. The second kappa shape index (κ2) is 13.6. The van der Waals surface area contributed by atoms with Gasteiger partial charge in [0, 0.05) is 0 Å². The minimum atomic E-state index is -0.337. The summed E-state index contributed by atoms with van der Waals surface area (Å²) in [5.41, 5.74) is 1.01. The summed E-state index contributed by atoms with van der Waals surface area (Å²) in [6.07, 6.45) is 0. The first-order valence-electron chi connectivity index (χ1n) is 6.58. The van der Waals surface area contributed by atoms with Crippen molar-refractivity contribution >= 4 is 5.97 Å². The number of ether oxygens (including phenoxy) is 2. The van der Waals surface area contributed by atoms with E-state index >= 15 is 0 Å². The van der Waals surface area contributed by atoms with Gasteiger partial charge in [-0.3, -0.25) is 0 Å². The standard InChI is InChI=1S/C11H14O3.2C2H6/c1-3-13-11(12)8-14-10-7-5-4-6-9(10)2;2*1-2/h4-7H,3,8H2,1-2H3;2*1-2H3. The molecule has 0 amide bonds. The highest BCUT2D eigenvalue weighted by atomic mass is 16.6. The Hall–Kier alpha value is -1.51. The summed E-state index contributed by atoms with van der Waals surface area (Å²) in [6.45, 7) is 12.1. The van der Waals surface area contributed by atoms with Gasteiger partial charge in [-0.2, -0.15) is 0 Å². The highest BCUT2D eigenvalue weighted by molar-refractivity contribution is 5.71. The fourth-order valence-corrected chi connectivity index (χ4v) is 1.06. The molecular weight excluding hydrogens is 228 g/mol. The molecule has 0 fully saturated rings. The van der Waals surface area contributed by atoms with E-state index in [-0.39, 0.29) is 12.6 Å². The molecule has 104 valence electrons. The number of rotatable bonds is 4. The maximum atomic E-state index is 11.0. The number of carbonyl (C=O) groups excluding carboxylic acids is 1. The normalized spacial score (nSPS) is 8.11. The second-order valence-corrected chi connectivity index (χ2v) is 2.86. The number of esters is 1. The SMILES string of the molecule is CC.CC.CCOC(=O)COc1ccccc1C. The topological polar surface area (TPSA) is 35.5 Å². The van der Waals surface area contributed by atoms with Crippen LogP contribution in [-0.2, 0) is 9.53 Å². The van der Waals surface area contributed by atoms with Crippen molar-refractivity contribution in [2.75, 3.05) is 13.2 Å². The molecule has 0 N–H and O–H groups in total. The Morgan fingerprint density at radius 1 is 1.11 bits per heavy atom. The van der Waals surface area contributed by atoms with Crippen molar-refractivity contribution in [1.29, 1.82) is 0 Å². The van der Waals surface area contributed by atoms with Gasteiger partial charge in [0.05, 0.1) is 6.61 Å². The Bertz CT molecular complexity index is 308. The fraction of sp³-hybridized carbons (Fsp3) is 0.533. The Morgan fingerprint density at radius 2 is 1.67 bits per heavy atom. The number of aryl methyl sites for hydroxylation is 1. The number of benzene rings is 1. The second-order valence-electron chi connectivity index (χ2n) is 2.86. The van der Waals surface area contributed by atoms with Gasteiger partial charge in [0.15, 0.2) is 6.61 Å². The molecule has 1 aromatic carbocycles. The van der Waals surface area contributed by atoms with Gasteiger partial charge in [-0.1, -0.05) is 45.9 Å². The summed E-state index contributed by atoms with van der Waals surface area (Å²) in [6, 6.07) is 7.55. The van der Waals surface area contributed by atoms with Crippen LogP contribution < -0.4 is 4.74 Å². The highest BCUT2D eigenvalue weighted by Gasteiger charge is 2.03. The monoisotopic (exact) mass is 254 g/mol. The third kappa shape index (κ3) is 8.62. The molecule has 1 rings (SSSR count). The molecule has 0 heterocycles. The summed E-state index contributed by atoms with van der Waals surface area (Å²) >= 11 is 0. The highest BCUT2D eigenvalue weighted by Crippen LogP contribution is 2.15. The molecule has 0 saturated heterocycles. The number of carbonyl (C=O) groups is 1. The van der Waals surface area contributed by atoms with Crippen LogP contribution in [0.2, 0.25) is 0 Å².